The highest BCUT2D eigenvalue weighted by Gasteiger charge is 2.20. The van der Waals surface area contributed by atoms with E-state index < -0.39 is 0 Å². The minimum absolute atomic E-state index is 0.0880. The predicted octanol–water partition coefficient (Wildman–Crippen LogP) is 3.77. The van der Waals surface area contributed by atoms with Gasteiger partial charge in [-0.1, -0.05) is 23.8 Å². The number of anilines is 1. The van der Waals surface area contributed by atoms with E-state index in [9.17, 15) is 9.90 Å². The molecule has 1 heterocycles. The number of carbonyl (C=O) groups excluding carboxylic acids is 1. The topological polar surface area (TPSA) is 83.0 Å². The molecule has 144 valence electrons. The van der Waals surface area contributed by atoms with Gasteiger partial charge in [-0.15, -0.1) is 6.58 Å². The van der Waals surface area contributed by atoms with Crippen LogP contribution in [0.1, 0.15) is 23.6 Å². The van der Waals surface area contributed by atoms with Gasteiger partial charge in [-0.3, -0.25) is 10.1 Å². The number of nitrogens with one attached hydrogen (secondary N) is 2. The summed E-state index contributed by atoms with van der Waals surface area (Å²) < 4.78 is 5.50. The van der Waals surface area contributed by atoms with Gasteiger partial charge in [-0.25, -0.2) is 4.99 Å². The summed E-state index contributed by atoms with van der Waals surface area (Å²) in [7, 11) is 0. The second-order valence-corrected chi connectivity index (χ2v) is 6.39. The molecular weight excluding hydrogens is 354 g/mol. The maximum atomic E-state index is 12.3. The van der Waals surface area contributed by atoms with Crippen molar-refractivity contribution in [2.75, 3.05) is 11.9 Å². The van der Waals surface area contributed by atoms with Gasteiger partial charge in [0.2, 0.25) is 5.96 Å². The molecule has 0 fully saturated rings. The average molecular weight is 377 g/mol. The van der Waals surface area contributed by atoms with Crippen molar-refractivity contribution in [1.82, 2.24) is 5.32 Å². The summed E-state index contributed by atoms with van der Waals surface area (Å²) in [6, 6.07) is 11.3. The lowest BCUT2D eigenvalue weighted by atomic mass is 10.0. The zero-order valence-electron chi connectivity index (χ0n) is 16.0. The Morgan fingerprint density at radius 3 is 2.71 bits per heavy atom. The quantitative estimate of drug-likeness (QED) is 0.529. The standard InChI is InChI=1S/C22H23N3O3/c1-4-6-16-11-15(13-19(20(16)26)28-5-2)12-18-21(27)25-22(24-18)23-17-9-7-14(3)8-10-17/h4,7-13,26H,1,5-6H2,2-3H3,(H2,23,24,25,27)/b18-12+. The van der Waals surface area contributed by atoms with Crippen LogP contribution in [0.25, 0.3) is 6.08 Å². The number of nitrogens with zero attached hydrogens (tertiary/aromatic N) is 1. The molecule has 1 amide bonds. The summed E-state index contributed by atoms with van der Waals surface area (Å²) >= 11 is 0. The van der Waals surface area contributed by atoms with Crippen LogP contribution in [-0.2, 0) is 11.2 Å². The van der Waals surface area contributed by atoms with E-state index in [1.54, 1.807) is 24.3 Å². The Morgan fingerprint density at radius 1 is 1.29 bits per heavy atom. The van der Waals surface area contributed by atoms with Crippen molar-refractivity contribution in [3.05, 3.63) is 71.4 Å². The molecule has 0 radical (unpaired) electrons. The second-order valence-electron chi connectivity index (χ2n) is 6.39. The number of carbonyl (C=O) groups is 1. The Hall–Kier alpha value is -3.54. The van der Waals surface area contributed by atoms with Gasteiger partial charge < -0.3 is 15.2 Å². The van der Waals surface area contributed by atoms with E-state index in [4.69, 9.17) is 4.74 Å². The Balaban J connectivity index is 1.89. The molecule has 0 aliphatic carbocycles. The largest absolute Gasteiger partial charge is 0.504 e. The summed E-state index contributed by atoms with van der Waals surface area (Å²) in [5, 5.41) is 16.1. The highest BCUT2D eigenvalue weighted by molar-refractivity contribution is 6.17. The van der Waals surface area contributed by atoms with Gasteiger partial charge in [-0.05, 0) is 56.2 Å². The highest BCUT2D eigenvalue weighted by Crippen LogP contribution is 2.33. The number of aromatic hydroxyl groups is 1. The first-order chi connectivity index (χ1) is 13.5. The van der Waals surface area contributed by atoms with Gasteiger partial charge in [0.05, 0.1) is 6.61 Å². The lowest BCUT2D eigenvalue weighted by molar-refractivity contribution is -0.115. The van der Waals surface area contributed by atoms with E-state index >= 15 is 0 Å². The fraction of sp³-hybridized carbons (Fsp3) is 0.182. The van der Waals surface area contributed by atoms with Crippen molar-refractivity contribution in [2.24, 2.45) is 4.99 Å². The maximum Gasteiger partial charge on any atom is 0.276 e. The van der Waals surface area contributed by atoms with Crippen LogP contribution in [0.4, 0.5) is 5.69 Å². The number of benzene rings is 2. The summed E-state index contributed by atoms with van der Waals surface area (Å²) in [4.78, 5) is 16.6. The molecule has 2 aromatic carbocycles. The van der Waals surface area contributed by atoms with E-state index in [0.29, 0.717) is 35.9 Å². The summed E-state index contributed by atoms with van der Waals surface area (Å²) in [5.41, 5.74) is 3.64. The van der Waals surface area contributed by atoms with E-state index in [-0.39, 0.29) is 17.4 Å². The smallest absolute Gasteiger partial charge is 0.276 e. The van der Waals surface area contributed by atoms with Crippen LogP contribution in [0.15, 0.2) is 59.7 Å². The number of hydrogen-bond acceptors (Lipinski definition) is 5. The molecule has 6 heteroatoms. The number of hydrogen-bond donors (Lipinski definition) is 3. The molecular formula is C22H23N3O3. The van der Waals surface area contributed by atoms with E-state index in [1.165, 1.54) is 0 Å². The fourth-order valence-corrected chi connectivity index (χ4v) is 2.81. The van der Waals surface area contributed by atoms with Crippen LogP contribution >= 0.6 is 0 Å². The van der Waals surface area contributed by atoms with Gasteiger partial charge in [0.25, 0.3) is 5.91 Å². The summed E-state index contributed by atoms with van der Waals surface area (Å²) in [6.45, 7) is 7.98. The first-order valence-electron chi connectivity index (χ1n) is 9.05. The number of amides is 1. The number of ether oxygens (including phenoxy) is 1. The number of allylic oxidation sites excluding steroid dienone is 1. The fourth-order valence-electron chi connectivity index (χ4n) is 2.81. The van der Waals surface area contributed by atoms with Crippen LogP contribution < -0.4 is 15.4 Å². The molecule has 6 nitrogen and oxygen atoms in total. The molecule has 3 N–H and O–H groups in total. The van der Waals surface area contributed by atoms with Crippen molar-refractivity contribution >= 4 is 23.6 Å². The van der Waals surface area contributed by atoms with Crippen LogP contribution in [0, 0.1) is 6.92 Å². The number of phenolic OH excluding ortho intramolecular Hbond substituents is 1. The number of aliphatic imine (C=N–C) groups is 1. The Labute approximate surface area is 164 Å². The molecule has 0 saturated carbocycles. The van der Waals surface area contributed by atoms with E-state index in [0.717, 1.165) is 11.3 Å². The van der Waals surface area contributed by atoms with Gasteiger partial charge in [0, 0.05) is 11.3 Å². The van der Waals surface area contributed by atoms with Crippen LogP contribution in [0.3, 0.4) is 0 Å². The first-order valence-corrected chi connectivity index (χ1v) is 9.05. The monoisotopic (exact) mass is 377 g/mol. The Kier molecular flexibility index (Phi) is 5.79. The lowest BCUT2D eigenvalue weighted by Crippen LogP contribution is -2.29. The zero-order chi connectivity index (χ0) is 20.1. The van der Waals surface area contributed by atoms with Crippen LogP contribution in [-0.4, -0.2) is 23.6 Å². The maximum absolute atomic E-state index is 12.3. The van der Waals surface area contributed by atoms with E-state index in [1.807, 2.05) is 38.1 Å². The average Bonchev–Trinajstić information content (AvgIpc) is 3.00. The predicted molar refractivity (Wildman–Crippen MR) is 112 cm³/mol. The number of aryl methyl sites for hydroxylation is 1. The van der Waals surface area contributed by atoms with Gasteiger partial charge in [0.15, 0.2) is 11.5 Å². The van der Waals surface area contributed by atoms with Gasteiger partial charge in [0.1, 0.15) is 5.70 Å². The first kappa shape index (κ1) is 19.2. The molecule has 0 spiro atoms. The third kappa shape index (κ3) is 4.40. The number of rotatable bonds is 6. The van der Waals surface area contributed by atoms with Gasteiger partial charge in [-0.2, -0.15) is 0 Å². The van der Waals surface area contributed by atoms with Crippen molar-refractivity contribution < 1.29 is 14.6 Å². The SMILES string of the molecule is C=CCc1cc(/C=C2/N=C(Nc3ccc(C)cc3)NC2=O)cc(OCC)c1O. The third-order valence-electron chi connectivity index (χ3n) is 4.15. The molecule has 2 aromatic rings. The molecule has 0 bridgehead atoms. The highest BCUT2D eigenvalue weighted by atomic mass is 16.5. The summed E-state index contributed by atoms with van der Waals surface area (Å²) in [5.74, 6) is 0.528. The zero-order valence-corrected chi connectivity index (χ0v) is 16.0. The molecule has 1 aliphatic rings. The normalized spacial score (nSPS) is 14.6. The number of guanidine groups is 1. The second kappa shape index (κ2) is 8.43. The lowest BCUT2D eigenvalue weighted by Gasteiger charge is -2.11. The van der Waals surface area contributed by atoms with Crippen LogP contribution in [0.5, 0.6) is 11.5 Å². The van der Waals surface area contributed by atoms with Crippen molar-refractivity contribution in [3.8, 4) is 11.5 Å². The Bertz CT molecular complexity index is 960. The van der Waals surface area contributed by atoms with E-state index in [2.05, 4.69) is 22.2 Å². The molecule has 1 aliphatic heterocycles. The summed E-state index contributed by atoms with van der Waals surface area (Å²) in [6.07, 6.45) is 3.85. The Morgan fingerprint density at radius 2 is 2.04 bits per heavy atom. The molecule has 0 unspecified atom stereocenters. The van der Waals surface area contributed by atoms with Crippen molar-refractivity contribution in [1.29, 1.82) is 0 Å². The molecule has 0 atom stereocenters. The third-order valence-corrected chi connectivity index (χ3v) is 4.15. The van der Waals surface area contributed by atoms with Crippen LogP contribution in [0.2, 0.25) is 0 Å². The molecule has 0 aromatic heterocycles. The van der Waals surface area contributed by atoms with Gasteiger partial charge >= 0.3 is 0 Å². The molecule has 3 rings (SSSR count). The van der Waals surface area contributed by atoms with Crippen molar-refractivity contribution in [2.45, 2.75) is 20.3 Å². The van der Waals surface area contributed by atoms with Crippen molar-refractivity contribution in [3.63, 3.8) is 0 Å². The molecule has 0 saturated heterocycles. The molecule has 28 heavy (non-hydrogen) atoms. The minimum Gasteiger partial charge on any atom is -0.504 e. The number of phenols is 1. The minimum atomic E-state index is -0.300.